The first-order valence-corrected chi connectivity index (χ1v) is 11.5. The molecule has 1 amide bonds. The molecule has 4 rings (SSSR count). The van der Waals surface area contributed by atoms with Crippen molar-refractivity contribution in [2.24, 2.45) is 0 Å². The summed E-state index contributed by atoms with van der Waals surface area (Å²) in [6, 6.07) is 14.5. The summed E-state index contributed by atoms with van der Waals surface area (Å²) in [5, 5.41) is 3.99. The summed E-state index contributed by atoms with van der Waals surface area (Å²) in [5.74, 6) is 0.633. The van der Waals surface area contributed by atoms with Gasteiger partial charge in [0.05, 0.1) is 37.0 Å². The van der Waals surface area contributed by atoms with Gasteiger partial charge in [0.15, 0.2) is 5.16 Å². The molecule has 3 aromatic rings. The molecule has 0 bridgehead atoms. The Labute approximate surface area is 190 Å². The van der Waals surface area contributed by atoms with Crippen LogP contribution in [0.1, 0.15) is 0 Å². The highest BCUT2D eigenvalue weighted by molar-refractivity contribution is 7.99. The molecule has 1 saturated heterocycles. The SMILES string of the molecule is COc1cccc(NC(=O)CSc2nc3ccccc3c(=O)n2CCN2CCOCC2)c1. The van der Waals surface area contributed by atoms with Gasteiger partial charge >= 0.3 is 0 Å². The molecule has 0 unspecified atom stereocenters. The molecule has 0 radical (unpaired) electrons. The number of benzene rings is 2. The van der Waals surface area contributed by atoms with E-state index in [0.29, 0.717) is 47.3 Å². The number of aromatic nitrogens is 2. The molecule has 0 aliphatic carbocycles. The van der Waals surface area contributed by atoms with Crippen LogP contribution in [0.25, 0.3) is 10.9 Å². The second kappa shape index (κ2) is 10.6. The van der Waals surface area contributed by atoms with Gasteiger partial charge < -0.3 is 14.8 Å². The minimum absolute atomic E-state index is 0.0837. The summed E-state index contributed by atoms with van der Waals surface area (Å²) < 4.78 is 12.3. The van der Waals surface area contributed by atoms with Crippen molar-refractivity contribution in [1.82, 2.24) is 14.5 Å². The first-order valence-electron chi connectivity index (χ1n) is 10.5. The van der Waals surface area contributed by atoms with Crippen molar-refractivity contribution >= 4 is 34.3 Å². The summed E-state index contributed by atoms with van der Waals surface area (Å²) in [4.78, 5) is 32.7. The maximum atomic E-state index is 13.2. The number of nitrogens with zero attached hydrogens (tertiary/aromatic N) is 3. The predicted molar refractivity (Wildman–Crippen MR) is 126 cm³/mol. The quantitative estimate of drug-likeness (QED) is 0.413. The molecule has 1 aliphatic rings. The normalized spacial score (nSPS) is 14.4. The van der Waals surface area contributed by atoms with Crippen LogP contribution in [0.15, 0.2) is 58.5 Å². The van der Waals surface area contributed by atoms with Crippen molar-refractivity contribution in [2.45, 2.75) is 11.7 Å². The molecule has 9 heteroatoms. The minimum Gasteiger partial charge on any atom is -0.497 e. The third kappa shape index (κ3) is 5.48. The number of anilines is 1. The van der Waals surface area contributed by atoms with E-state index in [2.05, 4.69) is 15.2 Å². The first-order chi connectivity index (χ1) is 15.6. The zero-order chi connectivity index (χ0) is 22.3. The van der Waals surface area contributed by atoms with Gasteiger partial charge in [-0.15, -0.1) is 0 Å². The summed E-state index contributed by atoms with van der Waals surface area (Å²) in [5.41, 5.74) is 1.21. The second-order valence-corrected chi connectivity index (χ2v) is 8.33. The number of nitrogens with one attached hydrogen (secondary N) is 1. The third-order valence-electron chi connectivity index (χ3n) is 5.26. The van der Waals surface area contributed by atoms with E-state index in [1.165, 1.54) is 11.8 Å². The maximum Gasteiger partial charge on any atom is 0.262 e. The number of fused-ring (bicyclic) bond motifs is 1. The van der Waals surface area contributed by atoms with E-state index in [1.54, 1.807) is 29.9 Å². The maximum absolute atomic E-state index is 13.2. The van der Waals surface area contributed by atoms with Crippen LogP contribution in [0.5, 0.6) is 5.75 Å². The van der Waals surface area contributed by atoms with Crippen LogP contribution < -0.4 is 15.6 Å². The van der Waals surface area contributed by atoms with Crippen LogP contribution >= 0.6 is 11.8 Å². The summed E-state index contributed by atoms with van der Waals surface area (Å²) in [6.07, 6.45) is 0. The molecular weight excluding hydrogens is 428 g/mol. The Hall–Kier alpha value is -2.88. The number of carbonyl (C=O) groups excluding carboxylic acids is 1. The lowest BCUT2D eigenvalue weighted by Gasteiger charge is -2.27. The molecule has 1 aliphatic heterocycles. The van der Waals surface area contributed by atoms with Gasteiger partial charge in [0.1, 0.15) is 5.75 Å². The Morgan fingerprint density at radius 3 is 2.78 bits per heavy atom. The summed E-state index contributed by atoms with van der Waals surface area (Å²) >= 11 is 1.27. The third-order valence-corrected chi connectivity index (χ3v) is 6.23. The molecule has 32 heavy (non-hydrogen) atoms. The standard InChI is InChI=1S/C23H26N4O4S/c1-30-18-6-4-5-17(15-18)24-21(28)16-32-23-25-20-8-3-2-7-19(20)22(29)27(23)10-9-26-11-13-31-14-12-26/h2-8,15H,9-14,16H2,1H3,(H,24,28). The zero-order valence-corrected chi connectivity index (χ0v) is 18.8. The van der Waals surface area contributed by atoms with E-state index in [1.807, 2.05) is 30.3 Å². The van der Waals surface area contributed by atoms with Gasteiger partial charge in [-0.3, -0.25) is 19.1 Å². The summed E-state index contributed by atoms with van der Waals surface area (Å²) in [6.45, 7) is 4.35. The topological polar surface area (TPSA) is 85.7 Å². The molecule has 0 saturated carbocycles. The minimum atomic E-state index is -0.176. The average Bonchev–Trinajstić information content (AvgIpc) is 2.83. The molecule has 8 nitrogen and oxygen atoms in total. The number of morpholine rings is 1. The van der Waals surface area contributed by atoms with Crippen LogP contribution in [0.4, 0.5) is 5.69 Å². The van der Waals surface area contributed by atoms with Crippen molar-refractivity contribution in [3.8, 4) is 5.75 Å². The van der Waals surface area contributed by atoms with Crippen LogP contribution in [0, 0.1) is 0 Å². The number of para-hydroxylation sites is 1. The Kier molecular flexibility index (Phi) is 7.41. The van der Waals surface area contributed by atoms with E-state index in [4.69, 9.17) is 9.47 Å². The van der Waals surface area contributed by atoms with Crippen molar-refractivity contribution in [1.29, 1.82) is 0 Å². The van der Waals surface area contributed by atoms with Crippen LogP contribution in [-0.2, 0) is 16.1 Å². The fourth-order valence-corrected chi connectivity index (χ4v) is 4.37. The van der Waals surface area contributed by atoms with Crippen molar-refractivity contribution in [3.63, 3.8) is 0 Å². The van der Waals surface area contributed by atoms with Gasteiger partial charge in [0, 0.05) is 37.9 Å². The van der Waals surface area contributed by atoms with E-state index in [-0.39, 0.29) is 17.2 Å². The van der Waals surface area contributed by atoms with Crippen molar-refractivity contribution in [2.75, 3.05) is 51.0 Å². The number of methoxy groups -OCH3 is 1. The fraction of sp³-hybridized carbons (Fsp3) is 0.348. The molecule has 1 fully saturated rings. The van der Waals surface area contributed by atoms with Gasteiger partial charge in [-0.05, 0) is 24.3 Å². The fourth-order valence-electron chi connectivity index (χ4n) is 3.55. The number of amides is 1. The van der Waals surface area contributed by atoms with Crippen LogP contribution in [-0.4, -0.2) is 66.1 Å². The van der Waals surface area contributed by atoms with E-state index in [0.717, 1.165) is 19.6 Å². The average molecular weight is 455 g/mol. The van der Waals surface area contributed by atoms with Gasteiger partial charge in [-0.1, -0.05) is 30.0 Å². The number of hydrogen-bond acceptors (Lipinski definition) is 7. The highest BCUT2D eigenvalue weighted by Crippen LogP contribution is 2.20. The number of ether oxygens (including phenoxy) is 2. The highest BCUT2D eigenvalue weighted by atomic mass is 32.2. The number of rotatable bonds is 8. The number of thioether (sulfide) groups is 1. The van der Waals surface area contributed by atoms with Gasteiger partial charge in [-0.25, -0.2) is 4.98 Å². The van der Waals surface area contributed by atoms with E-state index < -0.39 is 0 Å². The number of carbonyl (C=O) groups is 1. The molecule has 1 N–H and O–H groups in total. The summed E-state index contributed by atoms with van der Waals surface area (Å²) in [7, 11) is 1.58. The van der Waals surface area contributed by atoms with Gasteiger partial charge in [0.25, 0.3) is 5.56 Å². The van der Waals surface area contributed by atoms with E-state index in [9.17, 15) is 9.59 Å². The van der Waals surface area contributed by atoms with Crippen molar-refractivity contribution in [3.05, 3.63) is 58.9 Å². The van der Waals surface area contributed by atoms with Crippen LogP contribution in [0.2, 0.25) is 0 Å². The first kappa shape index (κ1) is 22.3. The lowest BCUT2D eigenvalue weighted by Crippen LogP contribution is -2.39. The Bertz CT molecular complexity index is 1140. The molecule has 0 atom stereocenters. The Morgan fingerprint density at radius 1 is 1.16 bits per heavy atom. The van der Waals surface area contributed by atoms with Crippen molar-refractivity contribution < 1.29 is 14.3 Å². The van der Waals surface area contributed by atoms with E-state index >= 15 is 0 Å². The Balaban J connectivity index is 1.50. The monoisotopic (exact) mass is 454 g/mol. The Morgan fingerprint density at radius 2 is 1.97 bits per heavy atom. The molecule has 2 aromatic carbocycles. The predicted octanol–water partition coefficient (Wildman–Crippen LogP) is 2.47. The molecule has 168 valence electrons. The largest absolute Gasteiger partial charge is 0.497 e. The lowest BCUT2D eigenvalue weighted by atomic mass is 10.2. The lowest BCUT2D eigenvalue weighted by molar-refractivity contribution is -0.113. The van der Waals surface area contributed by atoms with Gasteiger partial charge in [0.2, 0.25) is 5.91 Å². The van der Waals surface area contributed by atoms with Gasteiger partial charge in [-0.2, -0.15) is 0 Å². The van der Waals surface area contributed by atoms with Crippen LogP contribution in [0.3, 0.4) is 0 Å². The zero-order valence-electron chi connectivity index (χ0n) is 18.0. The molecule has 1 aromatic heterocycles. The molecular formula is C23H26N4O4S. The molecule has 0 spiro atoms. The smallest absolute Gasteiger partial charge is 0.262 e. The second-order valence-electron chi connectivity index (χ2n) is 7.39. The number of hydrogen-bond donors (Lipinski definition) is 1. The molecule has 2 heterocycles. The highest BCUT2D eigenvalue weighted by Gasteiger charge is 2.16.